The summed E-state index contributed by atoms with van der Waals surface area (Å²) < 4.78 is 0. The summed E-state index contributed by atoms with van der Waals surface area (Å²) in [5.41, 5.74) is 0.781. The molecule has 0 heterocycles. The smallest absolute Gasteiger partial charge is 0.165 e. The summed E-state index contributed by atoms with van der Waals surface area (Å²) in [5, 5.41) is 10.2. The molecule has 0 aromatic heterocycles. The molecule has 1 N–H and O–H groups in total. The Bertz CT molecular complexity index is 279. The van der Waals surface area contributed by atoms with Crippen LogP contribution in [-0.2, 0) is 4.79 Å². The van der Waals surface area contributed by atoms with E-state index in [4.69, 9.17) is 11.6 Å². The highest BCUT2D eigenvalue weighted by molar-refractivity contribution is 6.31. The van der Waals surface area contributed by atoms with Crippen molar-refractivity contribution < 1.29 is 9.90 Å². The SMILES string of the molecule is C/C(Cl)=C1\C(=O)[C@@H]2CC[C@H]1C[C@@H]2O. The van der Waals surface area contributed by atoms with Gasteiger partial charge >= 0.3 is 0 Å². The summed E-state index contributed by atoms with van der Waals surface area (Å²) in [4.78, 5) is 11.7. The fourth-order valence-electron chi connectivity index (χ4n) is 2.57. The molecular weight excluding hydrogens is 188 g/mol. The Morgan fingerprint density at radius 1 is 1.54 bits per heavy atom. The van der Waals surface area contributed by atoms with Gasteiger partial charge in [0.1, 0.15) is 0 Å². The Labute approximate surface area is 82.6 Å². The van der Waals surface area contributed by atoms with Crippen LogP contribution in [-0.4, -0.2) is 17.0 Å². The molecule has 0 aromatic rings. The van der Waals surface area contributed by atoms with Crippen LogP contribution in [0.25, 0.3) is 0 Å². The molecule has 0 unspecified atom stereocenters. The predicted molar refractivity (Wildman–Crippen MR) is 50.4 cm³/mol. The first-order valence-corrected chi connectivity index (χ1v) is 5.07. The predicted octanol–water partition coefficient (Wildman–Crippen LogP) is 1.86. The van der Waals surface area contributed by atoms with Crippen molar-refractivity contribution in [2.45, 2.75) is 32.3 Å². The van der Waals surface area contributed by atoms with Crippen molar-refractivity contribution in [1.29, 1.82) is 0 Å². The molecule has 0 spiro atoms. The third kappa shape index (κ3) is 1.32. The second kappa shape index (κ2) is 3.10. The van der Waals surface area contributed by atoms with Crippen LogP contribution >= 0.6 is 11.6 Å². The van der Waals surface area contributed by atoms with Gasteiger partial charge in [-0.15, -0.1) is 0 Å². The highest BCUT2D eigenvalue weighted by atomic mass is 35.5. The molecule has 3 aliphatic carbocycles. The van der Waals surface area contributed by atoms with Gasteiger partial charge in [0.2, 0.25) is 0 Å². The molecule has 0 aliphatic heterocycles. The number of Topliss-reactive ketones (excluding diaryl/α,β-unsaturated/α-hetero) is 1. The number of halogens is 1. The van der Waals surface area contributed by atoms with Crippen LogP contribution in [0.3, 0.4) is 0 Å². The van der Waals surface area contributed by atoms with Gasteiger partial charge < -0.3 is 5.11 Å². The van der Waals surface area contributed by atoms with Crippen LogP contribution in [0.1, 0.15) is 26.2 Å². The summed E-state index contributed by atoms with van der Waals surface area (Å²) in [6.07, 6.45) is 2.13. The molecule has 3 aliphatic rings. The molecule has 0 aromatic carbocycles. The number of aliphatic hydroxyl groups excluding tert-OH is 1. The summed E-state index contributed by atoms with van der Waals surface area (Å²) in [6, 6.07) is 0. The summed E-state index contributed by atoms with van der Waals surface area (Å²) >= 11 is 5.87. The molecule has 2 nitrogen and oxygen atoms in total. The van der Waals surface area contributed by atoms with Crippen molar-refractivity contribution in [2.24, 2.45) is 11.8 Å². The van der Waals surface area contributed by atoms with Crippen molar-refractivity contribution in [2.75, 3.05) is 0 Å². The zero-order valence-electron chi connectivity index (χ0n) is 7.59. The maximum atomic E-state index is 11.7. The topological polar surface area (TPSA) is 37.3 Å². The lowest BCUT2D eigenvalue weighted by Gasteiger charge is -2.40. The molecule has 3 fully saturated rings. The minimum absolute atomic E-state index is 0.0856. The average molecular weight is 201 g/mol. The highest BCUT2D eigenvalue weighted by Crippen LogP contribution is 2.44. The number of aliphatic hydroxyl groups is 1. The van der Waals surface area contributed by atoms with E-state index in [1.165, 1.54) is 0 Å². The summed E-state index contributed by atoms with van der Waals surface area (Å²) in [7, 11) is 0. The van der Waals surface area contributed by atoms with E-state index in [0.717, 1.165) is 24.8 Å². The second-order valence-corrected chi connectivity index (χ2v) is 4.56. The fraction of sp³-hybridized carbons (Fsp3) is 0.700. The molecule has 3 heteroatoms. The van der Waals surface area contributed by atoms with Gasteiger partial charge in [0.25, 0.3) is 0 Å². The van der Waals surface area contributed by atoms with Gasteiger partial charge in [-0.25, -0.2) is 0 Å². The highest BCUT2D eigenvalue weighted by Gasteiger charge is 2.44. The Morgan fingerprint density at radius 2 is 2.23 bits per heavy atom. The molecular formula is C10H13ClO2. The molecule has 3 saturated carbocycles. The van der Waals surface area contributed by atoms with Crippen LogP contribution < -0.4 is 0 Å². The van der Waals surface area contributed by atoms with Gasteiger partial charge in [0.05, 0.1) is 6.10 Å². The molecule has 3 atom stereocenters. The summed E-state index contributed by atoms with van der Waals surface area (Å²) in [6.45, 7) is 1.77. The van der Waals surface area contributed by atoms with E-state index < -0.39 is 6.10 Å². The van der Waals surface area contributed by atoms with Crippen LogP contribution in [0.2, 0.25) is 0 Å². The minimum atomic E-state index is -0.425. The Balaban J connectivity index is 2.37. The first-order valence-electron chi connectivity index (χ1n) is 4.69. The molecule has 72 valence electrons. The largest absolute Gasteiger partial charge is 0.392 e. The van der Waals surface area contributed by atoms with Crippen LogP contribution in [0.5, 0.6) is 0 Å². The number of hydrogen-bond donors (Lipinski definition) is 1. The van der Waals surface area contributed by atoms with Gasteiger partial charge in [-0.2, -0.15) is 0 Å². The van der Waals surface area contributed by atoms with Gasteiger partial charge in [-0.3, -0.25) is 4.79 Å². The van der Waals surface area contributed by atoms with E-state index in [9.17, 15) is 9.90 Å². The Kier molecular flexibility index (Phi) is 2.20. The zero-order chi connectivity index (χ0) is 9.59. The van der Waals surface area contributed by atoms with E-state index in [0.29, 0.717) is 5.03 Å². The maximum absolute atomic E-state index is 11.7. The minimum Gasteiger partial charge on any atom is -0.392 e. The Morgan fingerprint density at radius 3 is 2.69 bits per heavy atom. The van der Waals surface area contributed by atoms with Crippen LogP contribution in [0.15, 0.2) is 10.6 Å². The maximum Gasteiger partial charge on any atom is 0.165 e. The van der Waals surface area contributed by atoms with Gasteiger partial charge in [0, 0.05) is 16.5 Å². The standard InChI is InChI=1S/C10H13ClO2/c1-5(11)9-6-2-3-7(10(9)13)8(12)4-6/h6-8,12H,2-4H2,1H3/b9-5+/t6-,7+,8-/m0/s1. The third-order valence-corrected chi connectivity index (χ3v) is 3.40. The molecule has 2 bridgehead atoms. The lowest BCUT2D eigenvalue weighted by Crippen LogP contribution is -2.43. The molecule has 0 amide bonds. The molecule has 3 rings (SSSR count). The number of carbonyl (C=O) groups excluding carboxylic acids is 1. The van der Waals surface area contributed by atoms with E-state index in [1.54, 1.807) is 6.92 Å². The van der Waals surface area contributed by atoms with Gasteiger partial charge in [-0.05, 0) is 32.1 Å². The third-order valence-electron chi connectivity index (χ3n) is 3.20. The lowest BCUT2D eigenvalue weighted by atomic mass is 9.65. The number of ketones is 1. The molecule has 0 saturated heterocycles. The molecule has 0 radical (unpaired) electrons. The Hall–Kier alpha value is -0.340. The monoisotopic (exact) mass is 200 g/mol. The van der Waals surface area contributed by atoms with E-state index in [-0.39, 0.29) is 17.6 Å². The van der Waals surface area contributed by atoms with Crippen molar-refractivity contribution in [1.82, 2.24) is 0 Å². The van der Waals surface area contributed by atoms with E-state index in [2.05, 4.69) is 0 Å². The van der Waals surface area contributed by atoms with Crippen LogP contribution in [0, 0.1) is 11.8 Å². The average Bonchev–Trinajstić information content (AvgIpc) is 2.03. The number of hydrogen-bond acceptors (Lipinski definition) is 2. The zero-order valence-corrected chi connectivity index (χ0v) is 8.34. The second-order valence-electron chi connectivity index (χ2n) is 4.00. The normalized spacial score (nSPS) is 42.4. The van der Waals surface area contributed by atoms with Crippen molar-refractivity contribution >= 4 is 17.4 Å². The fourth-order valence-corrected chi connectivity index (χ4v) is 2.81. The van der Waals surface area contributed by atoms with Crippen molar-refractivity contribution in [3.8, 4) is 0 Å². The molecule has 13 heavy (non-hydrogen) atoms. The summed E-state index contributed by atoms with van der Waals surface area (Å²) in [5.74, 6) is 0.126. The lowest BCUT2D eigenvalue weighted by molar-refractivity contribution is -0.129. The number of fused-ring (bicyclic) bond motifs is 3. The van der Waals surface area contributed by atoms with Crippen LogP contribution in [0.4, 0.5) is 0 Å². The van der Waals surface area contributed by atoms with Gasteiger partial charge in [0.15, 0.2) is 5.78 Å². The number of carbonyl (C=O) groups is 1. The van der Waals surface area contributed by atoms with Crippen molar-refractivity contribution in [3.05, 3.63) is 10.6 Å². The van der Waals surface area contributed by atoms with E-state index in [1.807, 2.05) is 0 Å². The number of rotatable bonds is 0. The van der Waals surface area contributed by atoms with Crippen molar-refractivity contribution in [3.63, 3.8) is 0 Å². The first-order chi connectivity index (χ1) is 6.11. The van der Waals surface area contributed by atoms with Gasteiger partial charge in [-0.1, -0.05) is 11.6 Å². The quantitative estimate of drug-likeness (QED) is 0.606. The van der Waals surface area contributed by atoms with E-state index >= 15 is 0 Å². The first kappa shape index (κ1) is 9.22. The number of allylic oxidation sites excluding steroid dienone is 2.